The van der Waals surface area contributed by atoms with Crippen molar-refractivity contribution in [1.82, 2.24) is 14.9 Å². The predicted octanol–water partition coefficient (Wildman–Crippen LogP) is 2.60. The molecule has 1 aliphatic rings. The lowest BCUT2D eigenvalue weighted by molar-refractivity contribution is -0.138. The molecule has 0 aromatic carbocycles. The highest BCUT2D eigenvalue weighted by Gasteiger charge is 2.50. The van der Waals surface area contributed by atoms with Crippen LogP contribution in [0.1, 0.15) is 19.4 Å². The molecule has 9 heteroatoms. The molecule has 1 atom stereocenters. The second-order valence-electron chi connectivity index (χ2n) is 5.14. The van der Waals surface area contributed by atoms with Gasteiger partial charge in [0.25, 0.3) is 5.92 Å². The Labute approximate surface area is 117 Å². The Morgan fingerprint density at radius 1 is 1.29 bits per heavy atom. The van der Waals surface area contributed by atoms with Crippen molar-refractivity contribution in [2.45, 2.75) is 38.1 Å². The van der Waals surface area contributed by atoms with Crippen molar-refractivity contribution in [2.75, 3.05) is 13.1 Å². The summed E-state index contributed by atoms with van der Waals surface area (Å²) in [6, 6.07) is -0.573. The molecule has 0 unspecified atom stereocenters. The highest BCUT2D eigenvalue weighted by Crippen LogP contribution is 2.32. The number of alkyl halides is 5. The van der Waals surface area contributed by atoms with Crippen LogP contribution in [-0.2, 0) is 6.18 Å². The smallest absolute Gasteiger partial charge is 0.419 e. The quantitative estimate of drug-likeness (QED) is 0.804. The molecule has 1 aliphatic heterocycles. The van der Waals surface area contributed by atoms with Gasteiger partial charge in [0.15, 0.2) is 6.10 Å². The Kier molecular flexibility index (Phi) is 4.05. The summed E-state index contributed by atoms with van der Waals surface area (Å²) in [6.07, 6.45) is -5.04. The van der Waals surface area contributed by atoms with E-state index in [4.69, 9.17) is 4.74 Å². The maximum atomic E-state index is 13.8. The van der Waals surface area contributed by atoms with Crippen LogP contribution in [0.5, 0.6) is 6.01 Å². The van der Waals surface area contributed by atoms with Crippen molar-refractivity contribution in [3.8, 4) is 6.01 Å². The first-order valence-electron chi connectivity index (χ1n) is 6.27. The van der Waals surface area contributed by atoms with Crippen molar-refractivity contribution < 1.29 is 26.7 Å². The number of likely N-dealkylation sites (tertiary alicyclic amines) is 1. The van der Waals surface area contributed by atoms with Crippen LogP contribution in [0.15, 0.2) is 12.4 Å². The fraction of sp³-hybridized carbons (Fsp3) is 0.667. The van der Waals surface area contributed by atoms with E-state index in [-0.39, 0.29) is 12.6 Å². The molecule has 0 aliphatic carbocycles. The van der Waals surface area contributed by atoms with Gasteiger partial charge in [0.2, 0.25) is 0 Å². The van der Waals surface area contributed by atoms with Gasteiger partial charge in [0, 0.05) is 25.0 Å². The summed E-state index contributed by atoms with van der Waals surface area (Å²) in [5.74, 6) is -3.10. The largest absolute Gasteiger partial charge is 0.452 e. The Balaban J connectivity index is 2.08. The number of hydrogen-bond donors (Lipinski definition) is 0. The van der Waals surface area contributed by atoms with Crippen molar-refractivity contribution in [3.63, 3.8) is 0 Å². The van der Waals surface area contributed by atoms with Crippen LogP contribution < -0.4 is 4.74 Å². The lowest BCUT2D eigenvalue weighted by atomic mass is 10.2. The molecule has 0 radical (unpaired) electrons. The molecular weight excluding hydrogens is 297 g/mol. The van der Waals surface area contributed by atoms with Gasteiger partial charge in [-0.3, -0.25) is 4.90 Å². The summed E-state index contributed by atoms with van der Waals surface area (Å²) in [7, 11) is 0. The number of halogens is 5. The highest BCUT2D eigenvalue weighted by atomic mass is 19.4. The van der Waals surface area contributed by atoms with Gasteiger partial charge < -0.3 is 4.74 Å². The Hall–Kier alpha value is -1.51. The van der Waals surface area contributed by atoms with Crippen LogP contribution in [0.25, 0.3) is 0 Å². The van der Waals surface area contributed by atoms with Gasteiger partial charge in [0.05, 0.1) is 12.1 Å². The van der Waals surface area contributed by atoms with Gasteiger partial charge in [-0.1, -0.05) is 0 Å². The zero-order chi connectivity index (χ0) is 15.8. The van der Waals surface area contributed by atoms with Crippen LogP contribution in [0.2, 0.25) is 0 Å². The van der Waals surface area contributed by atoms with E-state index in [0.717, 1.165) is 0 Å². The van der Waals surface area contributed by atoms with Gasteiger partial charge in [-0.25, -0.2) is 18.7 Å². The van der Waals surface area contributed by atoms with E-state index in [2.05, 4.69) is 9.97 Å². The van der Waals surface area contributed by atoms with E-state index in [1.165, 1.54) is 4.90 Å². The fourth-order valence-electron chi connectivity index (χ4n) is 1.95. The first-order valence-corrected chi connectivity index (χ1v) is 6.27. The molecule has 2 rings (SSSR count). The molecule has 0 saturated carbocycles. The van der Waals surface area contributed by atoms with Crippen LogP contribution in [0.4, 0.5) is 22.0 Å². The normalized spacial score (nSPS) is 22.8. The maximum absolute atomic E-state index is 13.8. The molecule has 0 amide bonds. The van der Waals surface area contributed by atoms with Crippen LogP contribution in [0.3, 0.4) is 0 Å². The topological polar surface area (TPSA) is 38.2 Å². The van der Waals surface area contributed by atoms with E-state index < -0.39 is 36.3 Å². The maximum Gasteiger partial charge on any atom is 0.419 e. The lowest BCUT2D eigenvalue weighted by Crippen LogP contribution is -2.37. The van der Waals surface area contributed by atoms with Gasteiger partial charge >= 0.3 is 12.2 Å². The molecule has 1 saturated heterocycles. The second-order valence-corrected chi connectivity index (χ2v) is 5.14. The molecule has 2 heterocycles. The lowest BCUT2D eigenvalue weighted by Gasteiger charge is -2.18. The molecule has 1 fully saturated rings. The summed E-state index contributed by atoms with van der Waals surface area (Å²) in [5, 5.41) is 0. The first-order chi connectivity index (χ1) is 9.59. The fourth-order valence-corrected chi connectivity index (χ4v) is 1.95. The number of nitrogens with zero attached hydrogens (tertiary/aromatic N) is 3. The minimum atomic E-state index is -4.58. The third-order valence-electron chi connectivity index (χ3n) is 3.22. The average Bonchev–Trinajstić information content (AvgIpc) is 2.65. The minimum absolute atomic E-state index is 0.0327. The van der Waals surface area contributed by atoms with E-state index in [1.807, 2.05) is 0 Å². The number of aromatic nitrogens is 2. The van der Waals surface area contributed by atoms with Crippen LogP contribution >= 0.6 is 0 Å². The molecule has 118 valence electrons. The summed E-state index contributed by atoms with van der Waals surface area (Å²) >= 11 is 0. The number of hydrogen-bond acceptors (Lipinski definition) is 4. The van der Waals surface area contributed by atoms with E-state index >= 15 is 0 Å². The molecule has 0 bridgehead atoms. The summed E-state index contributed by atoms with van der Waals surface area (Å²) < 4.78 is 69.5. The van der Waals surface area contributed by atoms with Crippen LogP contribution in [-0.4, -0.2) is 46.0 Å². The van der Waals surface area contributed by atoms with E-state index in [0.29, 0.717) is 12.4 Å². The Morgan fingerprint density at radius 3 is 2.29 bits per heavy atom. The van der Waals surface area contributed by atoms with Gasteiger partial charge in [-0.2, -0.15) is 13.2 Å². The van der Waals surface area contributed by atoms with Crippen molar-refractivity contribution >= 4 is 0 Å². The van der Waals surface area contributed by atoms with Crippen LogP contribution in [0, 0.1) is 0 Å². The molecular formula is C12H14F5N3O. The summed E-state index contributed by atoms with van der Waals surface area (Å²) in [4.78, 5) is 8.20. The highest BCUT2D eigenvalue weighted by molar-refractivity contribution is 5.11. The first kappa shape index (κ1) is 15.9. The minimum Gasteiger partial charge on any atom is -0.452 e. The Bertz CT molecular complexity index is 489. The van der Waals surface area contributed by atoms with E-state index in [9.17, 15) is 22.0 Å². The summed E-state index contributed by atoms with van der Waals surface area (Å²) in [6.45, 7) is 3.05. The number of rotatable bonds is 3. The molecule has 0 N–H and O–H groups in total. The van der Waals surface area contributed by atoms with Crippen molar-refractivity contribution in [1.29, 1.82) is 0 Å². The zero-order valence-electron chi connectivity index (χ0n) is 11.4. The van der Waals surface area contributed by atoms with Gasteiger partial charge in [0.1, 0.15) is 0 Å². The standard InChI is InChI=1S/C12H14F5N3O/c1-7(2)20-5-9(11(13,14)6-20)21-10-18-3-8(4-19-10)12(15,16)17/h3-4,7,9H,5-6H2,1-2H3/t9-/m1/s1. The molecule has 1 aromatic heterocycles. The van der Waals surface area contributed by atoms with Gasteiger partial charge in [-0.05, 0) is 13.8 Å². The second kappa shape index (κ2) is 5.36. The number of ether oxygens (including phenoxy) is 1. The molecule has 0 spiro atoms. The zero-order valence-corrected chi connectivity index (χ0v) is 11.4. The molecule has 1 aromatic rings. The Morgan fingerprint density at radius 2 is 1.86 bits per heavy atom. The SMILES string of the molecule is CC(C)N1C[C@@H](Oc2ncc(C(F)(F)F)cn2)C(F)(F)C1. The van der Waals surface area contributed by atoms with E-state index in [1.54, 1.807) is 13.8 Å². The average molecular weight is 311 g/mol. The molecule has 21 heavy (non-hydrogen) atoms. The third-order valence-corrected chi connectivity index (χ3v) is 3.22. The van der Waals surface area contributed by atoms with Gasteiger partial charge in [-0.15, -0.1) is 0 Å². The monoisotopic (exact) mass is 311 g/mol. The van der Waals surface area contributed by atoms with Crippen molar-refractivity contribution in [3.05, 3.63) is 18.0 Å². The predicted molar refractivity (Wildman–Crippen MR) is 63.1 cm³/mol. The molecule has 4 nitrogen and oxygen atoms in total. The van der Waals surface area contributed by atoms with Crippen molar-refractivity contribution in [2.24, 2.45) is 0 Å². The third kappa shape index (κ3) is 3.58. The summed E-state index contributed by atoms with van der Waals surface area (Å²) in [5.41, 5.74) is -1.06.